The first-order chi connectivity index (χ1) is 6.27. The maximum Gasteiger partial charge on any atom is 0.138 e. The number of imidazole rings is 1. The Bertz CT molecular complexity index is 375. The minimum Gasteiger partial charge on any atom is -0.345 e. The molecule has 0 unspecified atom stereocenters. The molecular weight excluding hydrogens is 182 g/mol. The van der Waals surface area contributed by atoms with Crippen molar-refractivity contribution in [3.63, 3.8) is 0 Å². The summed E-state index contributed by atoms with van der Waals surface area (Å²) in [6, 6.07) is 2.18. The summed E-state index contributed by atoms with van der Waals surface area (Å²) in [5.41, 5.74) is 6.87. The Morgan fingerprint density at radius 1 is 1.62 bits per heavy atom. The first-order valence-corrected chi connectivity index (χ1v) is 4.99. The lowest BCUT2D eigenvalue weighted by molar-refractivity contribution is 0.838. The van der Waals surface area contributed by atoms with E-state index in [1.807, 2.05) is 13.1 Å². The smallest absolute Gasteiger partial charge is 0.138 e. The summed E-state index contributed by atoms with van der Waals surface area (Å²) in [6.45, 7) is 1.98. The molecular formula is C9H11N3S. The molecule has 2 heterocycles. The van der Waals surface area contributed by atoms with Gasteiger partial charge in [0.1, 0.15) is 5.82 Å². The van der Waals surface area contributed by atoms with Gasteiger partial charge in [0.2, 0.25) is 0 Å². The van der Waals surface area contributed by atoms with E-state index in [2.05, 4.69) is 21.4 Å². The van der Waals surface area contributed by atoms with Crippen molar-refractivity contribution in [2.45, 2.75) is 13.0 Å². The van der Waals surface area contributed by atoms with Gasteiger partial charge < -0.3 is 10.7 Å². The van der Waals surface area contributed by atoms with E-state index in [0.29, 0.717) is 0 Å². The Kier molecular flexibility index (Phi) is 2.16. The molecule has 0 aliphatic heterocycles. The second-order valence-corrected chi connectivity index (χ2v) is 3.91. The zero-order valence-corrected chi connectivity index (χ0v) is 8.14. The maximum atomic E-state index is 5.76. The van der Waals surface area contributed by atoms with Gasteiger partial charge in [-0.15, -0.1) is 11.3 Å². The molecule has 0 bridgehead atoms. The summed E-state index contributed by atoms with van der Waals surface area (Å²) in [5.74, 6) is 0.906. The highest BCUT2D eigenvalue weighted by Crippen LogP contribution is 2.25. The van der Waals surface area contributed by atoms with Crippen LogP contribution in [0.15, 0.2) is 23.8 Å². The van der Waals surface area contributed by atoms with Crippen LogP contribution in [0, 0.1) is 0 Å². The van der Waals surface area contributed by atoms with Gasteiger partial charge in [0.25, 0.3) is 0 Å². The number of thiophene rings is 1. The first-order valence-electron chi connectivity index (χ1n) is 4.11. The van der Waals surface area contributed by atoms with Crippen LogP contribution in [-0.4, -0.2) is 9.97 Å². The van der Waals surface area contributed by atoms with Crippen molar-refractivity contribution in [2.24, 2.45) is 5.73 Å². The molecule has 2 aromatic rings. The molecule has 0 amide bonds. The molecule has 0 aliphatic rings. The summed E-state index contributed by atoms with van der Waals surface area (Å²) in [6.07, 6.45) is 3.57. The van der Waals surface area contributed by atoms with Crippen molar-refractivity contribution >= 4 is 11.3 Å². The Morgan fingerprint density at radius 3 is 3.00 bits per heavy atom. The lowest BCUT2D eigenvalue weighted by Gasteiger charge is -1.97. The highest BCUT2D eigenvalue weighted by molar-refractivity contribution is 7.10. The van der Waals surface area contributed by atoms with Crippen molar-refractivity contribution in [1.29, 1.82) is 0 Å². The molecule has 0 aromatic carbocycles. The number of H-pyrrole nitrogens is 1. The number of nitrogens with zero attached hydrogens (tertiary/aromatic N) is 1. The van der Waals surface area contributed by atoms with E-state index in [9.17, 15) is 0 Å². The summed E-state index contributed by atoms with van der Waals surface area (Å²) in [4.78, 5) is 8.42. The molecule has 13 heavy (non-hydrogen) atoms. The fraction of sp³-hybridized carbons (Fsp3) is 0.222. The van der Waals surface area contributed by atoms with Gasteiger partial charge in [-0.05, 0) is 13.0 Å². The SMILES string of the molecule is C[C@@H](N)c1cc(-c2ncc[nH]2)cs1. The molecule has 3 N–H and O–H groups in total. The monoisotopic (exact) mass is 193 g/mol. The van der Waals surface area contributed by atoms with E-state index < -0.39 is 0 Å². The average molecular weight is 193 g/mol. The predicted molar refractivity (Wildman–Crippen MR) is 54.5 cm³/mol. The molecule has 2 rings (SSSR count). The highest BCUT2D eigenvalue weighted by Gasteiger charge is 2.06. The van der Waals surface area contributed by atoms with Crippen molar-refractivity contribution in [3.8, 4) is 11.4 Å². The summed E-state index contributed by atoms with van der Waals surface area (Å²) >= 11 is 1.67. The van der Waals surface area contributed by atoms with Crippen molar-refractivity contribution < 1.29 is 0 Å². The molecule has 68 valence electrons. The fourth-order valence-corrected chi connectivity index (χ4v) is 1.99. The molecule has 0 saturated carbocycles. The molecule has 3 nitrogen and oxygen atoms in total. The van der Waals surface area contributed by atoms with Crippen LogP contribution in [0.1, 0.15) is 17.8 Å². The van der Waals surface area contributed by atoms with Gasteiger partial charge in [-0.1, -0.05) is 0 Å². The largest absolute Gasteiger partial charge is 0.345 e. The molecule has 0 spiro atoms. The normalized spacial score (nSPS) is 13.1. The lowest BCUT2D eigenvalue weighted by atomic mass is 10.2. The molecule has 0 fully saturated rings. The van der Waals surface area contributed by atoms with Gasteiger partial charge >= 0.3 is 0 Å². The average Bonchev–Trinajstić information content (AvgIpc) is 2.75. The van der Waals surface area contributed by atoms with E-state index in [-0.39, 0.29) is 6.04 Å². The highest BCUT2D eigenvalue weighted by atomic mass is 32.1. The van der Waals surface area contributed by atoms with Crippen molar-refractivity contribution in [2.75, 3.05) is 0 Å². The van der Waals surface area contributed by atoms with Crippen LogP contribution in [0.5, 0.6) is 0 Å². The topological polar surface area (TPSA) is 54.7 Å². The van der Waals surface area contributed by atoms with Crippen LogP contribution in [0.3, 0.4) is 0 Å². The molecule has 4 heteroatoms. The number of rotatable bonds is 2. The number of aromatic nitrogens is 2. The molecule has 1 atom stereocenters. The summed E-state index contributed by atoms with van der Waals surface area (Å²) < 4.78 is 0. The van der Waals surface area contributed by atoms with Crippen molar-refractivity contribution in [1.82, 2.24) is 9.97 Å². The zero-order chi connectivity index (χ0) is 9.26. The third-order valence-electron chi connectivity index (χ3n) is 1.84. The van der Waals surface area contributed by atoms with E-state index in [4.69, 9.17) is 5.73 Å². The molecule has 0 saturated heterocycles. The van der Waals surface area contributed by atoms with Gasteiger partial charge in [0, 0.05) is 34.3 Å². The predicted octanol–water partition coefficient (Wildman–Crippen LogP) is 2.16. The molecule has 0 aliphatic carbocycles. The number of hydrogen-bond acceptors (Lipinski definition) is 3. The van der Waals surface area contributed by atoms with E-state index >= 15 is 0 Å². The van der Waals surface area contributed by atoms with Crippen LogP contribution < -0.4 is 5.73 Å². The second-order valence-electron chi connectivity index (χ2n) is 2.96. The minimum absolute atomic E-state index is 0.105. The zero-order valence-electron chi connectivity index (χ0n) is 7.32. The van der Waals surface area contributed by atoms with Crippen LogP contribution in [0.2, 0.25) is 0 Å². The maximum absolute atomic E-state index is 5.76. The molecule has 0 radical (unpaired) electrons. The van der Waals surface area contributed by atoms with Crippen molar-refractivity contribution in [3.05, 3.63) is 28.7 Å². The second kappa shape index (κ2) is 3.32. The summed E-state index contributed by atoms with van der Waals surface area (Å²) in [7, 11) is 0. The van der Waals surface area contributed by atoms with Crippen LogP contribution in [0.25, 0.3) is 11.4 Å². The Labute approximate surface area is 80.6 Å². The minimum atomic E-state index is 0.105. The third-order valence-corrected chi connectivity index (χ3v) is 2.97. The first kappa shape index (κ1) is 8.47. The number of aromatic amines is 1. The van der Waals surface area contributed by atoms with Crippen LogP contribution in [-0.2, 0) is 0 Å². The number of nitrogens with one attached hydrogen (secondary N) is 1. The number of hydrogen-bond donors (Lipinski definition) is 2. The standard InChI is InChI=1S/C9H11N3S/c1-6(10)8-4-7(5-13-8)9-11-2-3-12-9/h2-6H,10H2,1H3,(H,11,12)/t6-/m1/s1. The van der Waals surface area contributed by atoms with E-state index in [1.165, 1.54) is 4.88 Å². The summed E-state index contributed by atoms with van der Waals surface area (Å²) in [5, 5.41) is 2.07. The number of nitrogens with two attached hydrogens (primary N) is 1. The quantitative estimate of drug-likeness (QED) is 0.767. The van der Waals surface area contributed by atoms with Gasteiger partial charge in [-0.25, -0.2) is 4.98 Å². The van der Waals surface area contributed by atoms with Crippen LogP contribution in [0.4, 0.5) is 0 Å². The van der Waals surface area contributed by atoms with E-state index in [0.717, 1.165) is 11.4 Å². The Hall–Kier alpha value is -1.13. The van der Waals surface area contributed by atoms with Gasteiger partial charge in [0.05, 0.1) is 0 Å². The lowest BCUT2D eigenvalue weighted by Crippen LogP contribution is -2.01. The molecule has 2 aromatic heterocycles. The van der Waals surface area contributed by atoms with Gasteiger partial charge in [-0.2, -0.15) is 0 Å². The van der Waals surface area contributed by atoms with Crippen LogP contribution >= 0.6 is 11.3 Å². The Balaban J connectivity index is 2.33. The van der Waals surface area contributed by atoms with Gasteiger partial charge in [0.15, 0.2) is 0 Å². The third kappa shape index (κ3) is 1.64. The van der Waals surface area contributed by atoms with Gasteiger partial charge in [-0.3, -0.25) is 0 Å². The van der Waals surface area contributed by atoms with E-state index in [1.54, 1.807) is 17.5 Å². The Morgan fingerprint density at radius 2 is 2.46 bits per heavy atom. The fourth-order valence-electron chi connectivity index (χ4n) is 1.14.